The Morgan fingerprint density at radius 2 is 1.64 bits per heavy atom. The molecule has 2 aromatic carbocycles. The molecular formula is C18H15Cl2FN2O2. The molecule has 25 heavy (non-hydrogen) atoms. The van der Waals surface area contributed by atoms with Crippen molar-refractivity contribution in [2.24, 2.45) is 0 Å². The van der Waals surface area contributed by atoms with Crippen LogP contribution < -0.4 is 5.32 Å². The molecule has 1 amide bonds. The third kappa shape index (κ3) is 4.93. The van der Waals surface area contributed by atoms with Crippen LogP contribution in [0.4, 0.5) is 10.1 Å². The van der Waals surface area contributed by atoms with E-state index in [0.717, 1.165) is 11.1 Å². The van der Waals surface area contributed by atoms with E-state index in [4.69, 9.17) is 29.8 Å². The Hall–Kier alpha value is -2.13. The van der Waals surface area contributed by atoms with Crippen molar-refractivity contribution in [3.05, 3.63) is 65.5 Å². The van der Waals surface area contributed by atoms with Gasteiger partial charge in [-0.3, -0.25) is 4.79 Å². The first-order valence-electron chi connectivity index (χ1n) is 7.36. The number of halogens is 3. The zero-order chi connectivity index (χ0) is 18.4. The number of aliphatic hydroxyl groups is 1. The van der Waals surface area contributed by atoms with Crippen LogP contribution in [0.25, 0.3) is 16.0 Å². The van der Waals surface area contributed by atoms with Gasteiger partial charge in [-0.2, -0.15) is 0 Å². The van der Waals surface area contributed by atoms with Gasteiger partial charge >= 0.3 is 0 Å². The maximum absolute atomic E-state index is 13.1. The lowest BCUT2D eigenvalue weighted by Crippen LogP contribution is -2.43. The lowest BCUT2D eigenvalue weighted by atomic mass is 9.98. The van der Waals surface area contributed by atoms with Crippen LogP contribution in [-0.2, 0) is 4.79 Å². The number of aliphatic hydroxyl groups excluding tert-OH is 1. The topological polar surface area (TPSA) is 53.7 Å². The Labute approximate surface area is 155 Å². The molecule has 2 atom stereocenters. The van der Waals surface area contributed by atoms with E-state index in [-0.39, 0.29) is 0 Å². The molecule has 0 saturated heterocycles. The highest BCUT2D eigenvalue weighted by atomic mass is 35.5. The minimum absolute atomic E-state index is 0.449. The largest absolute Gasteiger partial charge is 0.386 e. The molecular weight excluding hydrogens is 366 g/mol. The molecule has 0 saturated carbocycles. The van der Waals surface area contributed by atoms with Crippen molar-refractivity contribution < 1.29 is 14.3 Å². The molecule has 0 aliphatic carbocycles. The van der Waals surface area contributed by atoms with Crippen LogP contribution in [0.3, 0.4) is 0 Å². The third-order valence-electron chi connectivity index (χ3n) is 3.66. The van der Waals surface area contributed by atoms with Crippen molar-refractivity contribution in [1.29, 1.82) is 0 Å². The quantitative estimate of drug-likeness (QED) is 0.582. The number of carbonyl (C=O) groups excluding carboxylic acids is 1. The molecule has 0 fully saturated rings. The zero-order valence-corrected chi connectivity index (χ0v) is 14.5. The van der Waals surface area contributed by atoms with Crippen LogP contribution in [0.1, 0.15) is 11.7 Å². The summed E-state index contributed by atoms with van der Waals surface area (Å²) in [5.41, 5.74) is 2.80. The average Bonchev–Trinajstić information content (AvgIpc) is 2.65. The highest BCUT2D eigenvalue weighted by Gasteiger charge is 2.25. The zero-order valence-electron chi connectivity index (χ0n) is 13.0. The second kappa shape index (κ2) is 8.82. The Morgan fingerprint density at radius 1 is 1.12 bits per heavy atom. The van der Waals surface area contributed by atoms with Gasteiger partial charge in [-0.1, -0.05) is 71.7 Å². The first kappa shape index (κ1) is 19.2. The summed E-state index contributed by atoms with van der Waals surface area (Å²) in [5, 5.41) is 12.5. The second-order valence-corrected chi connectivity index (χ2v) is 6.39. The molecule has 130 valence electrons. The minimum atomic E-state index is -1.33. The van der Waals surface area contributed by atoms with E-state index in [1.807, 2.05) is 12.1 Å². The molecule has 2 unspecified atom stereocenters. The van der Waals surface area contributed by atoms with Crippen LogP contribution in [0, 0.1) is 6.57 Å². The molecule has 2 aromatic rings. The second-order valence-electron chi connectivity index (χ2n) is 5.30. The summed E-state index contributed by atoms with van der Waals surface area (Å²) in [5.74, 6) is -0.762. The average molecular weight is 381 g/mol. The van der Waals surface area contributed by atoms with Crippen LogP contribution >= 0.6 is 23.2 Å². The van der Waals surface area contributed by atoms with Crippen LogP contribution in [-0.4, -0.2) is 28.6 Å². The van der Waals surface area contributed by atoms with Gasteiger partial charge in [-0.05, 0) is 16.7 Å². The predicted molar refractivity (Wildman–Crippen MR) is 96.5 cm³/mol. The van der Waals surface area contributed by atoms with E-state index in [9.17, 15) is 14.3 Å². The van der Waals surface area contributed by atoms with Gasteiger partial charge in [-0.15, -0.1) is 0 Å². The number of amides is 1. The first-order valence-corrected chi connectivity index (χ1v) is 8.24. The predicted octanol–water partition coefficient (Wildman–Crippen LogP) is 4.20. The van der Waals surface area contributed by atoms with E-state index in [1.165, 1.54) is 0 Å². The van der Waals surface area contributed by atoms with Gasteiger partial charge < -0.3 is 10.4 Å². The molecule has 0 heterocycles. The molecule has 2 N–H and O–H groups in total. The SMILES string of the molecule is [C-]#[N+]c1ccc(-c2ccc(C(O)C(CF)NC(=O)C(Cl)Cl)cc2)cc1. The van der Waals surface area contributed by atoms with E-state index >= 15 is 0 Å². The fraction of sp³-hybridized carbons (Fsp3) is 0.222. The van der Waals surface area contributed by atoms with E-state index in [2.05, 4.69) is 10.2 Å². The molecule has 0 radical (unpaired) electrons. The highest BCUT2D eigenvalue weighted by molar-refractivity contribution is 6.53. The number of hydrogen-bond acceptors (Lipinski definition) is 2. The third-order valence-corrected chi connectivity index (χ3v) is 4.05. The lowest BCUT2D eigenvalue weighted by Gasteiger charge is -2.22. The van der Waals surface area contributed by atoms with Gasteiger partial charge in [-0.25, -0.2) is 9.24 Å². The molecule has 2 rings (SSSR count). The number of rotatable bonds is 6. The molecule has 0 bridgehead atoms. The number of nitrogens with one attached hydrogen (secondary N) is 1. The fourth-order valence-corrected chi connectivity index (χ4v) is 2.41. The standard InChI is InChI=1S/C18H15Cl2FN2O2/c1-22-14-8-6-12(7-9-14)11-2-4-13(5-3-11)16(24)15(10-21)23-18(25)17(19)20/h2-9,15-17,24H,10H2,(H,23,25). The van der Waals surface area contributed by atoms with Crippen LogP contribution in [0.15, 0.2) is 48.5 Å². The summed E-state index contributed by atoms with van der Waals surface area (Å²) in [6.45, 7) is 5.98. The van der Waals surface area contributed by atoms with Gasteiger partial charge in [0.15, 0.2) is 10.5 Å². The Balaban J connectivity index is 2.14. The number of benzene rings is 2. The van der Waals surface area contributed by atoms with Gasteiger partial charge in [0.1, 0.15) is 12.8 Å². The van der Waals surface area contributed by atoms with Gasteiger partial charge in [0.2, 0.25) is 0 Å². The normalized spacial score (nSPS) is 13.1. The smallest absolute Gasteiger partial charge is 0.253 e. The maximum Gasteiger partial charge on any atom is 0.253 e. The van der Waals surface area contributed by atoms with Crippen LogP contribution in [0.2, 0.25) is 0 Å². The van der Waals surface area contributed by atoms with Crippen molar-refractivity contribution in [3.8, 4) is 11.1 Å². The number of hydrogen-bond donors (Lipinski definition) is 2. The van der Waals surface area contributed by atoms with Gasteiger partial charge in [0.25, 0.3) is 5.91 Å². The fourth-order valence-electron chi connectivity index (χ4n) is 2.28. The minimum Gasteiger partial charge on any atom is -0.386 e. The summed E-state index contributed by atoms with van der Waals surface area (Å²) in [6, 6.07) is 12.8. The van der Waals surface area contributed by atoms with E-state index in [0.29, 0.717) is 11.3 Å². The highest BCUT2D eigenvalue weighted by Crippen LogP contribution is 2.25. The van der Waals surface area contributed by atoms with E-state index in [1.54, 1.807) is 36.4 Å². The van der Waals surface area contributed by atoms with Crippen LogP contribution in [0.5, 0.6) is 0 Å². The number of alkyl halides is 3. The van der Waals surface area contributed by atoms with Gasteiger partial charge in [0, 0.05) is 0 Å². The van der Waals surface area contributed by atoms with Crippen molar-refractivity contribution in [3.63, 3.8) is 0 Å². The van der Waals surface area contributed by atoms with Crippen molar-refractivity contribution in [1.82, 2.24) is 5.32 Å². The Morgan fingerprint density at radius 3 is 2.08 bits per heavy atom. The molecule has 0 aliphatic heterocycles. The summed E-state index contributed by atoms with van der Waals surface area (Å²) >= 11 is 10.8. The van der Waals surface area contributed by atoms with E-state index < -0.39 is 29.6 Å². The molecule has 0 aliphatic rings. The lowest BCUT2D eigenvalue weighted by molar-refractivity contribution is -0.121. The van der Waals surface area contributed by atoms with Gasteiger partial charge in [0.05, 0.1) is 12.6 Å². The molecule has 7 heteroatoms. The summed E-state index contributed by atoms with van der Waals surface area (Å²) in [7, 11) is 0. The summed E-state index contributed by atoms with van der Waals surface area (Å²) < 4.78 is 13.1. The first-order chi connectivity index (χ1) is 12.0. The molecule has 0 spiro atoms. The monoisotopic (exact) mass is 380 g/mol. The Bertz CT molecular complexity index is 758. The molecule has 4 nitrogen and oxygen atoms in total. The number of nitrogens with zero attached hydrogens (tertiary/aromatic N) is 1. The Kier molecular flexibility index (Phi) is 6.77. The summed E-state index contributed by atoms with van der Waals surface area (Å²) in [6.07, 6.45) is -1.24. The number of carbonyl (C=O) groups is 1. The van der Waals surface area contributed by atoms with Crippen molar-refractivity contribution in [2.45, 2.75) is 17.0 Å². The van der Waals surface area contributed by atoms with Crippen molar-refractivity contribution >= 4 is 34.8 Å². The van der Waals surface area contributed by atoms with Crippen molar-refractivity contribution in [2.75, 3.05) is 6.67 Å². The molecule has 0 aromatic heterocycles. The summed E-state index contributed by atoms with van der Waals surface area (Å²) in [4.78, 5) is 13.5. The maximum atomic E-state index is 13.1.